The molecule has 0 rings (SSSR count). The second kappa shape index (κ2) is 40.8. The molecule has 322 valence electrons. The second-order valence-electron chi connectivity index (χ2n) is 13.3. The number of rotatable bonds is 37. The van der Waals surface area contributed by atoms with Gasteiger partial charge in [-0.2, -0.15) is 0 Å². The van der Waals surface area contributed by atoms with Gasteiger partial charge < -0.3 is 24.6 Å². The molecule has 0 saturated heterocycles. The summed E-state index contributed by atoms with van der Waals surface area (Å²) >= 11 is 0. The standard InChI is InChI=1S/C46H73O10P/c1-3-5-7-9-11-13-15-17-19-20-21-22-24-26-28-30-32-34-36-38-46(50)56-44(42-55-57(51,52)54-40-43(48)39-47)41-53-45(49)37-35-33-31-29-27-25-23-18-16-14-12-10-8-6-4-2/h6,8,11-14,17-19,21-23,26-29,32,34,43-44,47-48H,3-5,7,9-10,15-16,20,24-25,30-31,33,35-42H2,1-2H3,(H,51,52)/b8-6+,13-11+,14-12+,19-17+,22-21+,23-18+,28-26+,29-27+,34-32+/t43-,44+/m0/s1. The Labute approximate surface area is 344 Å². The molecular formula is C46H73O10P. The molecule has 0 aromatic heterocycles. The van der Waals surface area contributed by atoms with Crippen molar-refractivity contribution in [1.29, 1.82) is 0 Å². The fourth-order valence-corrected chi connectivity index (χ4v) is 5.52. The highest BCUT2D eigenvalue weighted by Gasteiger charge is 2.27. The van der Waals surface area contributed by atoms with Gasteiger partial charge in [-0.15, -0.1) is 0 Å². The molecule has 3 N–H and O–H groups in total. The van der Waals surface area contributed by atoms with Gasteiger partial charge in [-0.1, -0.05) is 136 Å². The minimum atomic E-state index is -4.65. The third kappa shape index (κ3) is 40.6. The average molecular weight is 817 g/mol. The van der Waals surface area contributed by atoms with Gasteiger partial charge in [0.25, 0.3) is 0 Å². The number of unbranched alkanes of at least 4 members (excludes halogenated alkanes) is 5. The van der Waals surface area contributed by atoms with E-state index >= 15 is 0 Å². The molecule has 0 saturated carbocycles. The van der Waals surface area contributed by atoms with E-state index in [2.05, 4.69) is 116 Å². The Bertz CT molecular complexity index is 1310. The quantitative estimate of drug-likeness (QED) is 0.0239. The maximum Gasteiger partial charge on any atom is 0.472 e. The summed E-state index contributed by atoms with van der Waals surface area (Å²) in [7, 11) is -4.65. The highest BCUT2D eigenvalue weighted by atomic mass is 31.2. The monoisotopic (exact) mass is 816 g/mol. The molecule has 0 spiro atoms. The summed E-state index contributed by atoms with van der Waals surface area (Å²) in [4.78, 5) is 34.9. The Kier molecular flexibility index (Phi) is 38.4. The molecule has 0 aromatic carbocycles. The normalized spacial score (nSPS) is 15.0. The Hall–Kier alpha value is -3.37. The molecule has 0 aliphatic heterocycles. The van der Waals surface area contributed by atoms with Gasteiger partial charge in [0.1, 0.15) is 12.7 Å². The minimum Gasteiger partial charge on any atom is -0.462 e. The first-order valence-corrected chi connectivity index (χ1v) is 22.3. The molecule has 0 bridgehead atoms. The van der Waals surface area contributed by atoms with Crippen LogP contribution >= 0.6 is 7.82 Å². The van der Waals surface area contributed by atoms with Crippen LogP contribution in [0, 0.1) is 0 Å². The van der Waals surface area contributed by atoms with E-state index in [1.165, 1.54) is 19.3 Å². The number of hydrogen-bond acceptors (Lipinski definition) is 9. The Morgan fingerprint density at radius 1 is 0.544 bits per heavy atom. The zero-order valence-electron chi connectivity index (χ0n) is 34.7. The minimum absolute atomic E-state index is 0.0445. The third-order valence-corrected chi connectivity index (χ3v) is 8.88. The highest BCUT2D eigenvalue weighted by molar-refractivity contribution is 7.47. The lowest BCUT2D eigenvalue weighted by Gasteiger charge is -2.20. The summed E-state index contributed by atoms with van der Waals surface area (Å²) in [5, 5.41) is 18.3. The van der Waals surface area contributed by atoms with Crippen LogP contribution in [0.25, 0.3) is 0 Å². The summed E-state index contributed by atoms with van der Waals surface area (Å²) in [6.45, 7) is 2.07. The van der Waals surface area contributed by atoms with Crippen molar-refractivity contribution in [2.24, 2.45) is 0 Å². The number of carbonyl (C=O) groups excluding carboxylic acids is 2. The molecule has 57 heavy (non-hydrogen) atoms. The van der Waals surface area contributed by atoms with Gasteiger partial charge in [0, 0.05) is 12.8 Å². The van der Waals surface area contributed by atoms with Crippen molar-refractivity contribution in [3.8, 4) is 0 Å². The molecular weight excluding hydrogens is 743 g/mol. The molecule has 3 atom stereocenters. The Morgan fingerprint density at radius 3 is 1.46 bits per heavy atom. The van der Waals surface area contributed by atoms with Gasteiger partial charge in [-0.25, -0.2) is 4.57 Å². The predicted octanol–water partition coefficient (Wildman–Crippen LogP) is 11.0. The van der Waals surface area contributed by atoms with Crippen LogP contribution in [0.3, 0.4) is 0 Å². The maximum atomic E-state index is 12.6. The van der Waals surface area contributed by atoms with Crippen molar-refractivity contribution in [3.05, 3.63) is 109 Å². The van der Waals surface area contributed by atoms with E-state index in [9.17, 15) is 24.2 Å². The number of ether oxygens (including phenoxy) is 2. The lowest BCUT2D eigenvalue weighted by Crippen LogP contribution is -2.29. The van der Waals surface area contributed by atoms with E-state index in [4.69, 9.17) is 19.1 Å². The molecule has 11 heteroatoms. The van der Waals surface area contributed by atoms with E-state index in [1.807, 2.05) is 12.2 Å². The van der Waals surface area contributed by atoms with Gasteiger partial charge in [0.15, 0.2) is 6.10 Å². The van der Waals surface area contributed by atoms with Crippen LogP contribution in [-0.4, -0.2) is 65.7 Å². The SMILES string of the molecule is CC/C=C/C/C=C/C/C=C/C/C=C/CCCCC(=O)OC[C@H](COP(=O)(O)OC[C@@H](O)CO)OC(=O)CC/C=C/C/C=C/C/C=C/C/C=C/C/C=C/CCCCC. The van der Waals surface area contributed by atoms with Crippen molar-refractivity contribution >= 4 is 19.8 Å². The van der Waals surface area contributed by atoms with Gasteiger partial charge in [-0.3, -0.25) is 18.6 Å². The zero-order valence-corrected chi connectivity index (χ0v) is 35.6. The number of aliphatic hydroxyl groups is 2. The lowest BCUT2D eigenvalue weighted by atomic mass is 10.2. The smallest absolute Gasteiger partial charge is 0.462 e. The molecule has 1 unspecified atom stereocenters. The number of hydrogen-bond donors (Lipinski definition) is 3. The van der Waals surface area contributed by atoms with E-state index < -0.39 is 51.8 Å². The first kappa shape index (κ1) is 53.6. The summed E-state index contributed by atoms with van der Waals surface area (Å²) in [6, 6.07) is 0. The van der Waals surface area contributed by atoms with Crippen molar-refractivity contribution < 1.29 is 47.8 Å². The number of phosphoric ester groups is 1. The van der Waals surface area contributed by atoms with Crippen LogP contribution < -0.4 is 0 Å². The molecule has 0 fully saturated rings. The number of phosphoric acid groups is 1. The molecule has 0 aromatic rings. The predicted molar refractivity (Wildman–Crippen MR) is 232 cm³/mol. The van der Waals surface area contributed by atoms with Crippen LogP contribution in [0.4, 0.5) is 0 Å². The summed E-state index contributed by atoms with van der Waals surface area (Å²) < 4.78 is 32.5. The topological polar surface area (TPSA) is 149 Å². The molecule has 0 amide bonds. The number of esters is 2. The van der Waals surface area contributed by atoms with Crippen LogP contribution in [0.5, 0.6) is 0 Å². The van der Waals surface area contributed by atoms with Crippen LogP contribution in [-0.2, 0) is 32.7 Å². The van der Waals surface area contributed by atoms with E-state index in [-0.39, 0.29) is 19.4 Å². The molecule has 10 nitrogen and oxygen atoms in total. The van der Waals surface area contributed by atoms with E-state index in [0.29, 0.717) is 12.8 Å². The molecule has 0 aliphatic carbocycles. The summed E-state index contributed by atoms with van der Waals surface area (Å²) in [5.74, 6) is -1.08. The van der Waals surface area contributed by atoms with Crippen LogP contribution in [0.1, 0.15) is 129 Å². The zero-order chi connectivity index (χ0) is 41.9. The number of aliphatic hydroxyl groups excluding tert-OH is 2. The number of carbonyl (C=O) groups is 2. The Morgan fingerprint density at radius 2 is 0.982 bits per heavy atom. The van der Waals surface area contributed by atoms with Crippen molar-refractivity contribution in [1.82, 2.24) is 0 Å². The van der Waals surface area contributed by atoms with E-state index in [0.717, 1.165) is 70.6 Å². The van der Waals surface area contributed by atoms with Crippen molar-refractivity contribution in [2.45, 2.75) is 142 Å². The number of allylic oxidation sites excluding steroid dienone is 18. The summed E-state index contributed by atoms with van der Waals surface area (Å²) in [6.07, 6.45) is 50.7. The first-order chi connectivity index (χ1) is 27.7. The fraction of sp³-hybridized carbons (Fsp3) is 0.565. The molecule has 0 radical (unpaired) electrons. The lowest BCUT2D eigenvalue weighted by molar-refractivity contribution is -0.161. The van der Waals surface area contributed by atoms with Gasteiger partial charge in [0.05, 0.1) is 19.8 Å². The van der Waals surface area contributed by atoms with Crippen molar-refractivity contribution in [3.63, 3.8) is 0 Å². The van der Waals surface area contributed by atoms with Crippen molar-refractivity contribution in [2.75, 3.05) is 26.4 Å². The molecule has 0 heterocycles. The van der Waals surface area contributed by atoms with E-state index in [1.54, 1.807) is 0 Å². The largest absolute Gasteiger partial charge is 0.472 e. The van der Waals surface area contributed by atoms with Gasteiger partial charge in [-0.05, 0) is 89.9 Å². The first-order valence-electron chi connectivity index (χ1n) is 20.8. The fourth-order valence-electron chi connectivity index (χ4n) is 4.73. The van der Waals surface area contributed by atoms with Gasteiger partial charge in [0.2, 0.25) is 0 Å². The maximum absolute atomic E-state index is 12.6. The van der Waals surface area contributed by atoms with Gasteiger partial charge >= 0.3 is 19.8 Å². The third-order valence-electron chi connectivity index (χ3n) is 7.92. The van der Waals surface area contributed by atoms with Crippen LogP contribution in [0.2, 0.25) is 0 Å². The summed E-state index contributed by atoms with van der Waals surface area (Å²) in [5.41, 5.74) is 0. The second-order valence-corrected chi connectivity index (χ2v) is 14.7. The highest BCUT2D eigenvalue weighted by Crippen LogP contribution is 2.43. The Balaban J connectivity index is 4.55. The average Bonchev–Trinajstić information content (AvgIpc) is 3.20. The van der Waals surface area contributed by atoms with Crippen LogP contribution in [0.15, 0.2) is 109 Å². The molecule has 0 aliphatic rings.